The zero-order valence-corrected chi connectivity index (χ0v) is 13.9. The fourth-order valence-electron chi connectivity index (χ4n) is 3.32. The SMILES string of the molecule is Cc1ccc2cc(CNC3CCN(c4ccccn4)C3)ccc2n1. The molecule has 0 amide bonds. The number of aryl methyl sites for hydroxylation is 1. The number of anilines is 1. The molecule has 2 aromatic heterocycles. The van der Waals surface area contributed by atoms with Crippen molar-refractivity contribution in [2.24, 2.45) is 0 Å². The van der Waals surface area contributed by atoms with Gasteiger partial charge in [-0.05, 0) is 49.2 Å². The third-order valence-electron chi connectivity index (χ3n) is 4.65. The van der Waals surface area contributed by atoms with E-state index in [1.807, 2.05) is 25.3 Å². The minimum atomic E-state index is 0.513. The minimum Gasteiger partial charge on any atom is -0.355 e. The summed E-state index contributed by atoms with van der Waals surface area (Å²) in [5, 5.41) is 4.89. The van der Waals surface area contributed by atoms with Crippen molar-refractivity contribution in [1.82, 2.24) is 15.3 Å². The molecule has 0 spiro atoms. The Labute approximate surface area is 142 Å². The standard InChI is InChI=1S/C20H22N4/c1-15-5-7-17-12-16(6-8-19(17)23-15)13-22-18-9-11-24(14-18)20-4-2-3-10-21-20/h2-8,10,12,18,22H,9,11,13-14H2,1H3. The van der Waals surface area contributed by atoms with Crippen molar-refractivity contribution in [1.29, 1.82) is 0 Å². The summed E-state index contributed by atoms with van der Waals surface area (Å²) in [6, 6.07) is 17.4. The fraction of sp³-hybridized carbons (Fsp3) is 0.300. The van der Waals surface area contributed by atoms with Crippen LogP contribution in [0.5, 0.6) is 0 Å². The monoisotopic (exact) mass is 318 g/mol. The van der Waals surface area contributed by atoms with E-state index in [0.29, 0.717) is 6.04 Å². The van der Waals surface area contributed by atoms with Gasteiger partial charge in [-0.2, -0.15) is 0 Å². The highest BCUT2D eigenvalue weighted by Gasteiger charge is 2.22. The molecule has 1 N–H and O–H groups in total. The Morgan fingerprint density at radius 3 is 3.00 bits per heavy atom. The highest BCUT2D eigenvalue weighted by Crippen LogP contribution is 2.18. The summed E-state index contributed by atoms with van der Waals surface area (Å²) in [6.07, 6.45) is 3.02. The molecule has 3 heterocycles. The van der Waals surface area contributed by atoms with Gasteiger partial charge in [-0.15, -0.1) is 0 Å². The molecule has 1 fully saturated rings. The number of fused-ring (bicyclic) bond motifs is 1. The maximum atomic E-state index is 4.56. The summed E-state index contributed by atoms with van der Waals surface area (Å²) in [4.78, 5) is 11.4. The first-order chi connectivity index (χ1) is 11.8. The van der Waals surface area contributed by atoms with Crippen LogP contribution in [-0.2, 0) is 6.54 Å². The van der Waals surface area contributed by atoms with Crippen LogP contribution in [0.2, 0.25) is 0 Å². The number of hydrogen-bond acceptors (Lipinski definition) is 4. The number of nitrogens with one attached hydrogen (secondary N) is 1. The van der Waals surface area contributed by atoms with Gasteiger partial charge in [0.1, 0.15) is 5.82 Å². The number of hydrogen-bond donors (Lipinski definition) is 1. The molecule has 0 aliphatic carbocycles. The molecule has 1 aliphatic rings. The van der Waals surface area contributed by atoms with Crippen molar-refractivity contribution in [3.05, 3.63) is 66.0 Å². The molecule has 3 aromatic rings. The van der Waals surface area contributed by atoms with Crippen LogP contribution in [0, 0.1) is 6.92 Å². The van der Waals surface area contributed by atoms with Gasteiger partial charge in [0, 0.05) is 43.0 Å². The summed E-state index contributed by atoms with van der Waals surface area (Å²) in [5.41, 5.74) is 3.44. The van der Waals surface area contributed by atoms with E-state index in [1.54, 1.807) is 0 Å². The second-order valence-corrected chi connectivity index (χ2v) is 6.48. The van der Waals surface area contributed by atoms with Gasteiger partial charge in [-0.1, -0.05) is 18.2 Å². The highest BCUT2D eigenvalue weighted by atomic mass is 15.2. The van der Waals surface area contributed by atoms with E-state index < -0.39 is 0 Å². The normalized spacial score (nSPS) is 17.5. The van der Waals surface area contributed by atoms with Gasteiger partial charge in [0.25, 0.3) is 0 Å². The summed E-state index contributed by atoms with van der Waals surface area (Å²) in [7, 11) is 0. The van der Waals surface area contributed by atoms with Crippen molar-refractivity contribution in [2.45, 2.75) is 25.9 Å². The number of rotatable bonds is 4. The first kappa shape index (κ1) is 15.1. The number of benzene rings is 1. The van der Waals surface area contributed by atoms with Gasteiger partial charge in [-0.3, -0.25) is 4.98 Å². The first-order valence-corrected chi connectivity index (χ1v) is 8.53. The van der Waals surface area contributed by atoms with Crippen molar-refractivity contribution >= 4 is 16.7 Å². The van der Waals surface area contributed by atoms with E-state index in [2.05, 4.69) is 56.6 Å². The van der Waals surface area contributed by atoms with Crippen LogP contribution in [-0.4, -0.2) is 29.1 Å². The zero-order valence-electron chi connectivity index (χ0n) is 13.9. The average Bonchev–Trinajstić information content (AvgIpc) is 3.10. The van der Waals surface area contributed by atoms with Crippen LogP contribution in [0.1, 0.15) is 17.7 Å². The summed E-state index contributed by atoms with van der Waals surface area (Å²) in [5.74, 6) is 1.08. The quantitative estimate of drug-likeness (QED) is 0.801. The van der Waals surface area contributed by atoms with E-state index in [9.17, 15) is 0 Å². The molecule has 0 bridgehead atoms. The number of nitrogens with zero attached hydrogens (tertiary/aromatic N) is 3. The molecule has 122 valence electrons. The molecule has 4 rings (SSSR count). The third-order valence-corrected chi connectivity index (χ3v) is 4.65. The van der Waals surface area contributed by atoms with Crippen molar-refractivity contribution in [3.63, 3.8) is 0 Å². The Kier molecular flexibility index (Phi) is 4.13. The van der Waals surface area contributed by atoms with E-state index in [4.69, 9.17) is 0 Å². The highest BCUT2D eigenvalue weighted by molar-refractivity contribution is 5.79. The Morgan fingerprint density at radius 2 is 2.12 bits per heavy atom. The summed E-state index contributed by atoms with van der Waals surface area (Å²) in [6.45, 7) is 5.01. The number of aromatic nitrogens is 2. The van der Waals surface area contributed by atoms with Gasteiger partial charge in [-0.25, -0.2) is 4.98 Å². The van der Waals surface area contributed by atoms with Gasteiger partial charge < -0.3 is 10.2 Å². The van der Waals surface area contributed by atoms with Gasteiger partial charge in [0.05, 0.1) is 5.52 Å². The maximum absolute atomic E-state index is 4.56. The molecular weight excluding hydrogens is 296 g/mol. The summed E-state index contributed by atoms with van der Waals surface area (Å²) < 4.78 is 0. The molecule has 1 aromatic carbocycles. The molecule has 0 saturated carbocycles. The first-order valence-electron chi connectivity index (χ1n) is 8.53. The minimum absolute atomic E-state index is 0.513. The molecule has 1 aliphatic heterocycles. The average molecular weight is 318 g/mol. The molecule has 0 radical (unpaired) electrons. The Balaban J connectivity index is 1.38. The lowest BCUT2D eigenvalue weighted by molar-refractivity contribution is 0.551. The maximum Gasteiger partial charge on any atom is 0.128 e. The molecule has 4 heteroatoms. The molecule has 4 nitrogen and oxygen atoms in total. The third kappa shape index (κ3) is 3.24. The van der Waals surface area contributed by atoms with Crippen LogP contribution in [0.3, 0.4) is 0 Å². The topological polar surface area (TPSA) is 41.0 Å². The van der Waals surface area contributed by atoms with E-state index >= 15 is 0 Å². The van der Waals surface area contributed by atoms with Crippen LogP contribution < -0.4 is 10.2 Å². The predicted molar refractivity (Wildman–Crippen MR) is 98.2 cm³/mol. The Morgan fingerprint density at radius 1 is 1.17 bits per heavy atom. The van der Waals surface area contributed by atoms with E-state index in [1.165, 1.54) is 10.9 Å². The molecule has 1 saturated heterocycles. The largest absolute Gasteiger partial charge is 0.355 e. The van der Waals surface area contributed by atoms with Gasteiger partial charge in [0.15, 0.2) is 0 Å². The van der Waals surface area contributed by atoms with Gasteiger partial charge >= 0.3 is 0 Å². The van der Waals surface area contributed by atoms with E-state index in [0.717, 1.165) is 43.1 Å². The smallest absolute Gasteiger partial charge is 0.128 e. The molecule has 1 atom stereocenters. The molecule has 24 heavy (non-hydrogen) atoms. The zero-order chi connectivity index (χ0) is 16.4. The second-order valence-electron chi connectivity index (χ2n) is 6.48. The second kappa shape index (κ2) is 6.57. The fourth-order valence-corrected chi connectivity index (χ4v) is 3.32. The van der Waals surface area contributed by atoms with Crippen molar-refractivity contribution < 1.29 is 0 Å². The number of pyridine rings is 2. The van der Waals surface area contributed by atoms with Crippen LogP contribution >= 0.6 is 0 Å². The lowest BCUT2D eigenvalue weighted by Gasteiger charge is -2.17. The lowest BCUT2D eigenvalue weighted by Crippen LogP contribution is -2.32. The lowest BCUT2D eigenvalue weighted by atomic mass is 10.1. The molecular formula is C20H22N4. The van der Waals surface area contributed by atoms with Gasteiger partial charge in [0.2, 0.25) is 0 Å². The molecule has 1 unspecified atom stereocenters. The van der Waals surface area contributed by atoms with Crippen LogP contribution in [0.15, 0.2) is 54.7 Å². The van der Waals surface area contributed by atoms with Crippen molar-refractivity contribution in [3.8, 4) is 0 Å². The van der Waals surface area contributed by atoms with Crippen LogP contribution in [0.25, 0.3) is 10.9 Å². The summed E-state index contributed by atoms with van der Waals surface area (Å²) >= 11 is 0. The van der Waals surface area contributed by atoms with Crippen molar-refractivity contribution in [2.75, 3.05) is 18.0 Å². The Hall–Kier alpha value is -2.46. The van der Waals surface area contributed by atoms with E-state index in [-0.39, 0.29) is 0 Å². The predicted octanol–water partition coefficient (Wildman–Crippen LogP) is 3.31. The van der Waals surface area contributed by atoms with Crippen LogP contribution in [0.4, 0.5) is 5.82 Å². The Bertz CT molecular complexity index is 831.